The molecule has 0 aliphatic carbocycles. The Morgan fingerprint density at radius 1 is 1.00 bits per heavy atom. The van der Waals surface area contributed by atoms with E-state index in [2.05, 4.69) is 17.6 Å². The first-order valence-electron chi connectivity index (χ1n) is 11.4. The number of rotatable bonds is 18. The predicted molar refractivity (Wildman–Crippen MR) is 120 cm³/mol. The van der Waals surface area contributed by atoms with E-state index in [1.54, 1.807) is 0 Å². The molecule has 1 atom stereocenters. The van der Waals surface area contributed by atoms with E-state index in [1.165, 1.54) is 25.7 Å². The molecule has 0 heterocycles. The summed E-state index contributed by atoms with van der Waals surface area (Å²) in [5.41, 5.74) is 0. The van der Waals surface area contributed by atoms with Gasteiger partial charge in [0, 0.05) is 32.1 Å². The molecule has 9 heteroatoms. The highest BCUT2D eigenvalue weighted by atomic mass is 16.5. The summed E-state index contributed by atoms with van der Waals surface area (Å²) in [6.45, 7) is 4.77. The number of urea groups is 1. The van der Waals surface area contributed by atoms with Crippen molar-refractivity contribution in [1.82, 2.24) is 10.6 Å². The van der Waals surface area contributed by atoms with Gasteiger partial charge in [0.2, 0.25) is 0 Å². The van der Waals surface area contributed by atoms with Crippen molar-refractivity contribution in [2.45, 2.75) is 77.2 Å². The maximum Gasteiger partial charge on any atom is 0.315 e. The predicted octanol–water partition coefficient (Wildman–Crippen LogP) is 1.75. The molecule has 0 aromatic rings. The van der Waals surface area contributed by atoms with Crippen molar-refractivity contribution < 1.29 is 33.8 Å². The number of carbonyl (C=O) groups is 3. The number of quaternary nitrogens is 1. The van der Waals surface area contributed by atoms with Gasteiger partial charge in [-0.3, -0.25) is 4.79 Å². The van der Waals surface area contributed by atoms with Gasteiger partial charge >= 0.3 is 6.03 Å². The van der Waals surface area contributed by atoms with Gasteiger partial charge in [0.1, 0.15) is 0 Å². The van der Waals surface area contributed by atoms with Crippen LogP contribution in [0.4, 0.5) is 4.79 Å². The molecule has 0 radical (unpaired) electrons. The second-order valence-electron chi connectivity index (χ2n) is 8.69. The van der Waals surface area contributed by atoms with Gasteiger partial charge in [0.25, 0.3) is 6.47 Å². The number of amides is 2. The Kier molecular flexibility index (Phi) is 21.6. The van der Waals surface area contributed by atoms with E-state index in [-0.39, 0.29) is 18.9 Å². The number of carboxylic acid groups (broad SMARTS) is 2. The van der Waals surface area contributed by atoms with E-state index in [1.807, 2.05) is 21.1 Å². The summed E-state index contributed by atoms with van der Waals surface area (Å²) in [6.07, 6.45) is 10.2. The van der Waals surface area contributed by atoms with Crippen molar-refractivity contribution in [2.24, 2.45) is 0 Å². The zero-order valence-corrected chi connectivity index (χ0v) is 20.0. The second kappa shape index (κ2) is 21.4. The Morgan fingerprint density at radius 3 is 2.00 bits per heavy atom. The summed E-state index contributed by atoms with van der Waals surface area (Å²) in [5.74, 6) is -1.15. The van der Waals surface area contributed by atoms with Gasteiger partial charge in [-0.2, -0.15) is 0 Å². The average Bonchev–Trinajstić information content (AvgIpc) is 2.64. The van der Waals surface area contributed by atoms with Crippen molar-refractivity contribution in [2.75, 3.05) is 47.4 Å². The maximum atomic E-state index is 12.0. The number of hydrogen-bond acceptors (Lipinski definition) is 5. The van der Waals surface area contributed by atoms with Crippen LogP contribution in [0.15, 0.2) is 0 Å². The first-order valence-corrected chi connectivity index (χ1v) is 11.4. The van der Waals surface area contributed by atoms with Crippen LogP contribution in [0.5, 0.6) is 0 Å². The normalized spacial score (nSPS) is 11.7. The van der Waals surface area contributed by atoms with Gasteiger partial charge in [-0.05, 0) is 19.3 Å². The first-order chi connectivity index (χ1) is 14.7. The number of unbranched alkanes of at least 4 members (excludes halogenated alkanes) is 7. The number of likely N-dealkylation sites (N-methyl/N-ethyl adjacent to an activating group) is 1. The molecule has 0 aliphatic heterocycles. The van der Waals surface area contributed by atoms with E-state index in [0.29, 0.717) is 17.6 Å². The summed E-state index contributed by atoms with van der Waals surface area (Å²) >= 11 is 0. The van der Waals surface area contributed by atoms with E-state index in [9.17, 15) is 14.7 Å². The molecule has 0 fully saturated rings. The third-order valence-electron chi connectivity index (χ3n) is 4.41. The summed E-state index contributed by atoms with van der Waals surface area (Å²) < 4.78 is 6.21. The fraction of sp³-hybridized carbons (Fsp3) is 0.864. The summed E-state index contributed by atoms with van der Waals surface area (Å²) in [5, 5.41) is 23.3. The Hall–Kier alpha value is -1.87. The van der Waals surface area contributed by atoms with Crippen LogP contribution in [-0.2, 0) is 14.3 Å². The van der Waals surface area contributed by atoms with E-state index in [4.69, 9.17) is 14.6 Å². The Balaban J connectivity index is 0. The van der Waals surface area contributed by atoms with Crippen molar-refractivity contribution in [3.63, 3.8) is 0 Å². The van der Waals surface area contributed by atoms with Crippen LogP contribution in [0.2, 0.25) is 0 Å². The zero-order valence-electron chi connectivity index (χ0n) is 20.0. The minimum atomic E-state index is -1.15. The highest BCUT2D eigenvalue weighted by Gasteiger charge is 2.20. The maximum absolute atomic E-state index is 12.0. The van der Waals surface area contributed by atoms with Gasteiger partial charge in [-0.15, -0.1) is 0 Å². The molecular formula is C22H45N3O6. The summed E-state index contributed by atoms with van der Waals surface area (Å²) in [7, 11) is 5.87. The number of carboxylic acids is 1. The molecule has 0 spiro atoms. The molecule has 0 saturated carbocycles. The van der Waals surface area contributed by atoms with Crippen molar-refractivity contribution in [3.05, 3.63) is 0 Å². The number of carbonyl (C=O) groups excluding carboxylic acids is 2. The molecule has 3 N–H and O–H groups in total. The van der Waals surface area contributed by atoms with Crippen molar-refractivity contribution in [1.29, 1.82) is 0 Å². The molecule has 1 unspecified atom stereocenters. The first kappa shape index (κ1) is 31.3. The van der Waals surface area contributed by atoms with Crippen LogP contribution in [0, 0.1) is 0 Å². The molecule has 184 valence electrons. The molecule has 0 bridgehead atoms. The lowest BCUT2D eigenvalue weighted by Crippen LogP contribution is -2.53. The largest absolute Gasteiger partial charge is 0.550 e. The topological polar surface area (TPSA) is 128 Å². The average molecular weight is 448 g/mol. The molecule has 0 rings (SSSR count). The lowest BCUT2D eigenvalue weighted by atomic mass is 10.2. The Morgan fingerprint density at radius 2 is 1.52 bits per heavy atom. The standard InChI is InChI=1S/C21H43N3O4.CH2O2/c1-5-6-7-9-12-15-28-16-13-10-8-11-14-22-21(27)23-19(17-20(25)26)18-24(2,3)4;2-1-3/h19H,5-18H2,1-4H3,(H2-,22,23,25,26,27);1H,(H,2,3). The summed E-state index contributed by atoms with van der Waals surface area (Å²) in [4.78, 5) is 31.2. The van der Waals surface area contributed by atoms with E-state index >= 15 is 0 Å². The number of nitrogens with zero attached hydrogens (tertiary/aromatic N) is 1. The number of ether oxygens (including phenoxy) is 1. The SMILES string of the molecule is CCCCCCCOCCCCCCNC(=O)NC(CC(=O)[O-])C[N+](C)(C)C.O=CO. The van der Waals surface area contributed by atoms with Crippen LogP contribution in [-0.4, -0.2) is 81.6 Å². The van der Waals surface area contributed by atoms with E-state index in [0.717, 1.165) is 45.3 Å². The lowest BCUT2D eigenvalue weighted by Gasteiger charge is -2.30. The van der Waals surface area contributed by atoms with Crippen LogP contribution in [0.25, 0.3) is 0 Å². The van der Waals surface area contributed by atoms with Gasteiger partial charge in [-0.25, -0.2) is 4.79 Å². The Labute approximate surface area is 188 Å². The minimum Gasteiger partial charge on any atom is -0.550 e. The van der Waals surface area contributed by atoms with Crippen LogP contribution in [0.1, 0.15) is 71.1 Å². The number of nitrogens with one attached hydrogen (secondary N) is 2. The van der Waals surface area contributed by atoms with Crippen LogP contribution >= 0.6 is 0 Å². The van der Waals surface area contributed by atoms with Gasteiger partial charge in [-0.1, -0.05) is 45.4 Å². The molecule has 31 heavy (non-hydrogen) atoms. The fourth-order valence-electron chi connectivity index (χ4n) is 3.05. The second-order valence-corrected chi connectivity index (χ2v) is 8.69. The number of hydrogen-bond donors (Lipinski definition) is 3. The zero-order chi connectivity index (χ0) is 24.0. The van der Waals surface area contributed by atoms with Crippen LogP contribution < -0.4 is 15.7 Å². The molecular weight excluding hydrogens is 402 g/mol. The van der Waals surface area contributed by atoms with E-state index < -0.39 is 12.0 Å². The van der Waals surface area contributed by atoms with Gasteiger partial charge in [0.15, 0.2) is 0 Å². The smallest absolute Gasteiger partial charge is 0.315 e. The van der Waals surface area contributed by atoms with Gasteiger partial charge in [0.05, 0.1) is 33.7 Å². The quantitative estimate of drug-likeness (QED) is 0.167. The minimum absolute atomic E-state index is 0.179. The molecule has 2 amide bonds. The summed E-state index contributed by atoms with van der Waals surface area (Å²) in [6, 6.07) is -0.754. The fourth-order valence-corrected chi connectivity index (χ4v) is 3.05. The molecule has 0 saturated heterocycles. The Bertz CT molecular complexity index is 455. The molecule has 9 nitrogen and oxygen atoms in total. The molecule has 0 aromatic carbocycles. The van der Waals surface area contributed by atoms with Gasteiger partial charge < -0.3 is 34.9 Å². The molecule has 0 aromatic heterocycles. The number of aliphatic carboxylic acids is 1. The van der Waals surface area contributed by atoms with Crippen molar-refractivity contribution in [3.8, 4) is 0 Å². The van der Waals surface area contributed by atoms with Crippen LogP contribution in [0.3, 0.4) is 0 Å². The third-order valence-corrected chi connectivity index (χ3v) is 4.41. The van der Waals surface area contributed by atoms with Crippen molar-refractivity contribution >= 4 is 18.5 Å². The molecule has 0 aliphatic rings. The highest BCUT2D eigenvalue weighted by molar-refractivity contribution is 5.75. The highest BCUT2D eigenvalue weighted by Crippen LogP contribution is 2.04. The lowest BCUT2D eigenvalue weighted by molar-refractivity contribution is -0.871. The monoisotopic (exact) mass is 447 g/mol. The third kappa shape index (κ3) is 28.1.